The van der Waals surface area contributed by atoms with Gasteiger partial charge in [-0.1, -0.05) is 77.1 Å². The summed E-state index contributed by atoms with van der Waals surface area (Å²) in [5, 5.41) is 63.4. The maximum absolute atomic E-state index is 13.1. The molecule has 1 fully saturated rings. The highest BCUT2D eigenvalue weighted by molar-refractivity contribution is 5.97. The molecule has 1 heterocycles. The molecular formula is C37H52O14. The summed E-state index contributed by atoms with van der Waals surface area (Å²) in [5.41, 5.74) is -8.55. The topological polar surface area (TPSA) is 234 Å². The zero-order valence-electron chi connectivity index (χ0n) is 30.0. The lowest BCUT2D eigenvalue weighted by Crippen LogP contribution is -2.75. The lowest BCUT2D eigenvalue weighted by Gasteiger charge is -2.42. The molecule has 1 saturated heterocycles. The second kappa shape index (κ2) is 17.9. The molecule has 0 saturated carbocycles. The van der Waals surface area contributed by atoms with E-state index < -0.39 is 71.1 Å². The summed E-state index contributed by atoms with van der Waals surface area (Å²) in [4.78, 5) is 62.4. The van der Waals surface area contributed by atoms with E-state index in [1.807, 2.05) is 58.0 Å². The molecule has 1 aromatic carbocycles. The zero-order chi connectivity index (χ0) is 38.9. The van der Waals surface area contributed by atoms with Crippen molar-refractivity contribution in [3.05, 3.63) is 60.2 Å². The maximum Gasteiger partial charge on any atom is 0.343 e. The molecule has 6 N–H and O–H groups in total. The molecule has 0 radical (unpaired) electrons. The minimum atomic E-state index is -4.18. The van der Waals surface area contributed by atoms with Gasteiger partial charge in [-0.3, -0.25) is 4.79 Å². The quantitative estimate of drug-likeness (QED) is 0.0645. The SMILES string of the molecule is C=C(CCCC1(C)OC(C(=O)O)(C(O)(C(=O)O)C(O)C(=O)O)C(OC(=O)C=CC(C)CC(C)CC)C1O)C(OC(C)=O)C(C)Cc1ccccc1. The molecule has 0 amide bonds. The van der Waals surface area contributed by atoms with E-state index in [0.29, 0.717) is 24.3 Å². The van der Waals surface area contributed by atoms with Gasteiger partial charge in [-0.25, -0.2) is 19.2 Å². The van der Waals surface area contributed by atoms with Crippen LogP contribution in [0.1, 0.15) is 79.2 Å². The summed E-state index contributed by atoms with van der Waals surface area (Å²) < 4.78 is 16.6. The summed E-state index contributed by atoms with van der Waals surface area (Å²) in [6.07, 6.45) is -4.33. The Bertz CT molecular complexity index is 1440. The van der Waals surface area contributed by atoms with Crippen LogP contribution in [0.15, 0.2) is 54.6 Å². The molecule has 2 rings (SSSR count). The normalized spacial score (nSPS) is 25.9. The minimum Gasteiger partial charge on any atom is -0.479 e. The van der Waals surface area contributed by atoms with E-state index in [-0.39, 0.29) is 31.1 Å². The Morgan fingerprint density at radius 2 is 1.69 bits per heavy atom. The molecular weight excluding hydrogens is 668 g/mol. The van der Waals surface area contributed by atoms with Crippen LogP contribution in [0.3, 0.4) is 0 Å². The minimum absolute atomic E-state index is 0.0542. The highest BCUT2D eigenvalue weighted by Crippen LogP contribution is 2.50. The van der Waals surface area contributed by atoms with E-state index in [1.54, 1.807) is 0 Å². The first-order valence-corrected chi connectivity index (χ1v) is 16.9. The number of hydrogen-bond acceptors (Lipinski definition) is 11. The van der Waals surface area contributed by atoms with Gasteiger partial charge in [-0.05, 0) is 62.0 Å². The highest BCUT2D eigenvalue weighted by atomic mass is 16.6. The van der Waals surface area contributed by atoms with E-state index in [1.165, 1.54) is 19.9 Å². The number of aliphatic carboxylic acids is 3. The van der Waals surface area contributed by atoms with Crippen LogP contribution in [0.2, 0.25) is 0 Å². The van der Waals surface area contributed by atoms with Crippen molar-refractivity contribution >= 4 is 29.8 Å². The fraction of sp³-hybridized carbons (Fsp3) is 0.595. The second-order valence-electron chi connectivity index (χ2n) is 13.9. The van der Waals surface area contributed by atoms with Gasteiger partial charge in [0.25, 0.3) is 0 Å². The van der Waals surface area contributed by atoms with E-state index in [9.17, 15) is 54.6 Å². The zero-order valence-corrected chi connectivity index (χ0v) is 30.0. The fourth-order valence-corrected chi connectivity index (χ4v) is 6.63. The number of esters is 2. The molecule has 14 nitrogen and oxygen atoms in total. The molecule has 284 valence electrons. The Hall–Kier alpha value is -4.11. The first-order chi connectivity index (χ1) is 23.7. The smallest absolute Gasteiger partial charge is 0.343 e. The van der Waals surface area contributed by atoms with Gasteiger partial charge in [0.2, 0.25) is 11.2 Å². The Morgan fingerprint density at radius 3 is 2.20 bits per heavy atom. The van der Waals surface area contributed by atoms with Crippen LogP contribution in [0.25, 0.3) is 0 Å². The van der Waals surface area contributed by atoms with Gasteiger partial charge in [-0.15, -0.1) is 0 Å². The van der Waals surface area contributed by atoms with Crippen LogP contribution >= 0.6 is 0 Å². The Balaban J connectivity index is 2.48. The molecule has 10 atom stereocenters. The summed E-state index contributed by atoms with van der Waals surface area (Å²) in [6.45, 7) is 14.2. The van der Waals surface area contributed by atoms with Crippen LogP contribution in [0.4, 0.5) is 0 Å². The number of benzene rings is 1. The second-order valence-corrected chi connectivity index (χ2v) is 13.9. The number of allylic oxidation sites excluding steroid dienone is 1. The monoisotopic (exact) mass is 720 g/mol. The van der Waals surface area contributed by atoms with E-state index in [0.717, 1.165) is 18.1 Å². The fourth-order valence-electron chi connectivity index (χ4n) is 6.63. The first-order valence-electron chi connectivity index (χ1n) is 16.9. The Kier molecular flexibility index (Phi) is 15.1. The highest BCUT2D eigenvalue weighted by Gasteiger charge is 2.80. The summed E-state index contributed by atoms with van der Waals surface area (Å²) in [6, 6.07) is 9.46. The summed E-state index contributed by atoms with van der Waals surface area (Å²) in [7, 11) is 0. The molecule has 1 aromatic rings. The van der Waals surface area contributed by atoms with Gasteiger partial charge in [-0.2, -0.15) is 0 Å². The number of aliphatic hydroxyl groups excluding tert-OH is 2. The van der Waals surface area contributed by atoms with Crippen molar-refractivity contribution in [2.75, 3.05) is 0 Å². The molecule has 14 heteroatoms. The number of carbonyl (C=O) groups is 5. The lowest BCUT2D eigenvalue weighted by molar-refractivity contribution is -0.259. The third-order valence-corrected chi connectivity index (χ3v) is 9.61. The van der Waals surface area contributed by atoms with Crippen molar-refractivity contribution in [2.45, 2.75) is 121 Å². The molecule has 51 heavy (non-hydrogen) atoms. The number of aliphatic hydroxyl groups is 3. The number of carbonyl (C=O) groups excluding carboxylic acids is 2. The van der Waals surface area contributed by atoms with Gasteiger partial charge in [0.15, 0.2) is 12.2 Å². The largest absolute Gasteiger partial charge is 0.479 e. The van der Waals surface area contributed by atoms with Crippen LogP contribution < -0.4 is 0 Å². The van der Waals surface area contributed by atoms with Crippen LogP contribution in [0, 0.1) is 17.8 Å². The molecule has 0 spiro atoms. The molecule has 10 unspecified atom stereocenters. The van der Waals surface area contributed by atoms with Gasteiger partial charge in [0.1, 0.15) is 12.2 Å². The van der Waals surface area contributed by atoms with Crippen molar-refractivity contribution in [3.8, 4) is 0 Å². The van der Waals surface area contributed by atoms with Gasteiger partial charge < -0.3 is 44.8 Å². The average Bonchev–Trinajstić information content (AvgIpc) is 3.28. The van der Waals surface area contributed by atoms with Crippen LogP contribution in [0.5, 0.6) is 0 Å². The van der Waals surface area contributed by atoms with Crippen LogP contribution in [-0.2, 0) is 44.6 Å². The van der Waals surface area contributed by atoms with Crippen molar-refractivity contribution in [1.82, 2.24) is 0 Å². The van der Waals surface area contributed by atoms with Crippen molar-refractivity contribution < 1.29 is 68.8 Å². The number of carboxylic acids is 3. The number of ether oxygens (including phenoxy) is 3. The van der Waals surface area contributed by atoms with Crippen molar-refractivity contribution in [2.24, 2.45) is 17.8 Å². The lowest BCUT2D eigenvalue weighted by atomic mass is 9.73. The van der Waals surface area contributed by atoms with Gasteiger partial charge in [0.05, 0.1) is 5.60 Å². The Labute approximate surface area is 297 Å². The van der Waals surface area contributed by atoms with Gasteiger partial charge in [0, 0.05) is 18.9 Å². The van der Waals surface area contributed by atoms with Crippen molar-refractivity contribution in [1.29, 1.82) is 0 Å². The van der Waals surface area contributed by atoms with Crippen molar-refractivity contribution in [3.63, 3.8) is 0 Å². The number of rotatable bonds is 20. The molecule has 0 aliphatic carbocycles. The van der Waals surface area contributed by atoms with E-state index in [4.69, 9.17) is 14.2 Å². The molecule has 0 aromatic heterocycles. The number of carboxylic acid groups (broad SMARTS) is 3. The maximum atomic E-state index is 13.1. The standard InChI is InChI=1S/C37H52O14/c1-8-21(2)19-22(3)16-17-27(39)50-31-29(40)35(7,51-37(31,34(46)47)36(48,33(44)45)30(41)32(42)43)18-12-13-23(4)28(49-25(6)38)24(5)20-26-14-10-9-11-15-26/h9-11,14-17,21-22,24,28-31,40-41,48H,4,8,12-13,18-20H2,1-3,5-7H3,(H,42,43)(H,44,45)(H,46,47). The number of hydrogen-bond donors (Lipinski definition) is 6. The summed E-state index contributed by atoms with van der Waals surface area (Å²) in [5.74, 6) is -9.02. The molecule has 0 bridgehead atoms. The summed E-state index contributed by atoms with van der Waals surface area (Å²) >= 11 is 0. The first kappa shape index (κ1) is 43.1. The van der Waals surface area contributed by atoms with Gasteiger partial charge >= 0.3 is 29.8 Å². The third-order valence-electron chi connectivity index (χ3n) is 9.61. The predicted octanol–water partition coefficient (Wildman–Crippen LogP) is 3.30. The van der Waals surface area contributed by atoms with E-state index in [2.05, 4.69) is 6.58 Å². The van der Waals surface area contributed by atoms with E-state index >= 15 is 0 Å². The molecule has 1 aliphatic heterocycles. The third kappa shape index (κ3) is 9.82. The average molecular weight is 721 g/mol. The predicted molar refractivity (Wildman–Crippen MR) is 182 cm³/mol. The Morgan fingerprint density at radius 1 is 1.08 bits per heavy atom. The van der Waals surface area contributed by atoms with Crippen LogP contribution in [-0.4, -0.2) is 102 Å². The molecule has 1 aliphatic rings.